The summed E-state index contributed by atoms with van der Waals surface area (Å²) >= 11 is 3.57. The van der Waals surface area contributed by atoms with E-state index in [4.69, 9.17) is 4.74 Å². The van der Waals surface area contributed by atoms with Crippen LogP contribution < -0.4 is 4.74 Å². The maximum Gasteiger partial charge on any atom is 0.119 e. The van der Waals surface area contributed by atoms with Gasteiger partial charge in [0.05, 0.1) is 5.41 Å². The van der Waals surface area contributed by atoms with Crippen LogP contribution in [0.25, 0.3) is 33.4 Å². The van der Waals surface area contributed by atoms with Crippen molar-refractivity contribution in [3.63, 3.8) is 0 Å². The second-order valence-electron chi connectivity index (χ2n) is 20.7. The molecule has 0 amide bonds. The van der Waals surface area contributed by atoms with E-state index in [2.05, 4.69) is 272 Å². The highest BCUT2D eigenvalue weighted by molar-refractivity contribution is 9.08. The molecule has 0 spiro atoms. The Hall–Kier alpha value is -5.96. The average Bonchev–Trinajstić information content (AvgIpc) is 3.31. The number of hydrogen-bond acceptors (Lipinski definition) is 1. The summed E-state index contributed by atoms with van der Waals surface area (Å²) in [6.45, 7) is 20.9. The molecule has 8 rings (SSSR count). The monoisotopic (exact) mass is 914 g/mol. The topological polar surface area (TPSA) is 9.23 Å². The lowest BCUT2D eigenvalue weighted by Crippen LogP contribution is -2.31. The molecule has 0 N–H and O–H groups in total. The van der Waals surface area contributed by atoms with E-state index in [1.807, 2.05) is 0 Å². The second kappa shape index (κ2) is 18.5. The number of ether oxygens (including phenoxy) is 1. The summed E-state index contributed by atoms with van der Waals surface area (Å²) in [5.74, 6) is 0.837. The van der Waals surface area contributed by atoms with Gasteiger partial charge in [-0.3, -0.25) is 0 Å². The van der Waals surface area contributed by atoms with Gasteiger partial charge >= 0.3 is 0 Å². The van der Waals surface area contributed by atoms with Crippen LogP contribution in [0.1, 0.15) is 112 Å². The maximum absolute atomic E-state index is 6.42. The largest absolute Gasteiger partial charge is 0.489 e. The number of benzene rings is 8. The number of rotatable bonds is 11. The molecule has 0 fully saturated rings. The van der Waals surface area contributed by atoms with Crippen LogP contribution in [0.2, 0.25) is 0 Å². The predicted molar refractivity (Wildman–Crippen MR) is 281 cm³/mol. The molecule has 0 saturated heterocycles. The first-order valence-corrected chi connectivity index (χ1v) is 24.2. The van der Waals surface area contributed by atoms with E-state index in [1.54, 1.807) is 0 Å². The van der Waals surface area contributed by atoms with Crippen molar-refractivity contribution in [2.75, 3.05) is 0 Å². The molecule has 0 saturated carbocycles. The molecule has 0 bridgehead atoms. The summed E-state index contributed by atoms with van der Waals surface area (Å²) in [5, 5.41) is 0.838. The first-order valence-electron chi connectivity index (χ1n) is 23.0. The zero-order chi connectivity index (χ0) is 46.0. The standard InChI is InChI=1S/C63H63BrO/c1-60(2,3)52-26-14-46(15-27-52)49-20-32-55(33-21-49)63(56-34-22-50(23-35-56)47-16-28-53(29-17-47)61(4,5)6,57-36-24-51(25-37-57)48-18-30-54(31-19-48)62(7,8)9)58-38-40-59(41-39-58)65-43-45-12-10-44(42-64)11-13-45/h10-41H,42-43H2,1-9H3. The van der Waals surface area contributed by atoms with Gasteiger partial charge in [-0.25, -0.2) is 0 Å². The van der Waals surface area contributed by atoms with Crippen molar-refractivity contribution in [3.8, 4) is 39.1 Å². The zero-order valence-corrected chi connectivity index (χ0v) is 41.3. The average molecular weight is 916 g/mol. The molecular formula is C63H63BrO. The highest BCUT2D eigenvalue weighted by Crippen LogP contribution is 2.47. The minimum Gasteiger partial charge on any atom is -0.489 e. The fraction of sp³-hybridized carbons (Fsp3) is 0.238. The van der Waals surface area contributed by atoms with Crippen molar-refractivity contribution in [1.82, 2.24) is 0 Å². The second-order valence-corrected chi connectivity index (χ2v) is 21.3. The van der Waals surface area contributed by atoms with E-state index in [0.29, 0.717) is 6.61 Å². The fourth-order valence-electron chi connectivity index (χ4n) is 8.92. The summed E-state index contributed by atoms with van der Waals surface area (Å²) in [7, 11) is 0. The van der Waals surface area contributed by atoms with Crippen molar-refractivity contribution in [3.05, 3.63) is 244 Å². The van der Waals surface area contributed by atoms with Gasteiger partial charge in [-0.05, 0) is 112 Å². The molecule has 0 aliphatic heterocycles. The summed E-state index contributed by atoms with van der Waals surface area (Å²) in [5.41, 5.74) is 18.0. The van der Waals surface area contributed by atoms with Crippen LogP contribution in [0.5, 0.6) is 5.75 Å². The fourth-order valence-corrected chi connectivity index (χ4v) is 9.29. The first-order chi connectivity index (χ1) is 31.0. The normalized spacial score (nSPS) is 12.3. The van der Waals surface area contributed by atoms with Crippen molar-refractivity contribution in [1.29, 1.82) is 0 Å². The van der Waals surface area contributed by atoms with Gasteiger partial charge in [-0.2, -0.15) is 0 Å². The van der Waals surface area contributed by atoms with E-state index in [0.717, 1.165) is 16.6 Å². The van der Waals surface area contributed by atoms with Crippen LogP contribution in [0.3, 0.4) is 0 Å². The van der Waals surface area contributed by atoms with Crippen LogP contribution in [-0.4, -0.2) is 0 Å². The molecule has 65 heavy (non-hydrogen) atoms. The Labute approximate surface area is 397 Å². The molecule has 8 aromatic rings. The lowest BCUT2D eigenvalue weighted by atomic mass is 9.64. The summed E-state index contributed by atoms with van der Waals surface area (Å²) in [6.07, 6.45) is 0. The quantitative estimate of drug-likeness (QED) is 0.0928. The van der Waals surface area contributed by atoms with Crippen LogP contribution in [0.15, 0.2) is 194 Å². The number of halogens is 1. The maximum atomic E-state index is 6.42. The molecule has 0 radical (unpaired) electrons. The Balaban J connectivity index is 1.26. The van der Waals surface area contributed by atoms with Gasteiger partial charge in [-0.1, -0.05) is 260 Å². The molecule has 0 aliphatic rings. The minimum absolute atomic E-state index is 0.0954. The molecule has 8 aromatic carbocycles. The molecule has 2 heteroatoms. The Kier molecular flexibility index (Phi) is 13.0. The third-order valence-electron chi connectivity index (χ3n) is 13.1. The molecule has 0 aromatic heterocycles. The summed E-state index contributed by atoms with van der Waals surface area (Å²) < 4.78 is 6.42. The van der Waals surface area contributed by atoms with E-state index >= 15 is 0 Å². The van der Waals surface area contributed by atoms with Gasteiger partial charge in [0.2, 0.25) is 0 Å². The highest BCUT2D eigenvalue weighted by Gasteiger charge is 2.39. The van der Waals surface area contributed by atoms with Crippen LogP contribution in [-0.2, 0) is 33.6 Å². The smallest absolute Gasteiger partial charge is 0.119 e. The molecule has 0 aliphatic carbocycles. The molecule has 0 atom stereocenters. The zero-order valence-electron chi connectivity index (χ0n) is 39.7. The molecular weight excluding hydrogens is 853 g/mol. The van der Waals surface area contributed by atoms with Crippen molar-refractivity contribution in [2.24, 2.45) is 0 Å². The molecule has 328 valence electrons. The van der Waals surface area contributed by atoms with Gasteiger partial charge in [0.15, 0.2) is 0 Å². The molecule has 0 heterocycles. The Morgan fingerprint density at radius 2 is 0.523 bits per heavy atom. The SMILES string of the molecule is CC(C)(C)c1ccc(-c2ccc(C(c3ccc(OCc4ccc(CBr)cc4)cc3)(c3ccc(-c4ccc(C(C)(C)C)cc4)cc3)c3ccc(-c4ccc(C(C)(C)C)cc4)cc3)cc2)cc1. The highest BCUT2D eigenvalue weighted by atomic mass is 79.9. The van der Waals surface area contributed by atoms with Crippen LogP contribution in [0, 0.1) is 0 Å². The number of hydrogen-bond donors (Lipinski definition) is 0. The van der Waals surface area contributed by atoms with Crippen LogP contribution >= 0.6 is 15.9 Å². The molecule has 1 nitrogen and oxygen atoms in total. The van der Waals surface area contributed by atoms with Crippen molar-refractivity contribution >= 4 is 15.9 Å². The van der Waals surface area contributed by atoms with Gasteiger partial charge in [-0.15, -0.1) is 0 Å². The predicted octanol–water partition coefficient (Wildman–Crippen LogP) is 17.4. The number of alkyl halides is 1. The van der Waals surface area contributed by atoms with Crippen molar-refractivity contribution in [2.45, 2.75) is 95.9 Å². The van der Waals surface area contributed by atoms with Gasteiger partial charge < -0.3 is 4.74 Å². The van der Waals surface area contributed by atoms with Gasteiger partial charge in [0.25, 0.3) is 0 Å². The lowest BCUT2D eigenvalue weighted by molar-refractivity contribution is 0.306. The van der Waals surface area contributed by atoms with Gasteiger partial charge in [0.1, 0.15) is 12.4 Å². The summed E-state index contributed by atoms with van der Waals surface area (Å²) in [6, 6.07) is 72.4. The van der Waals surface area contributed by atoms with Crippen LogP contribution in [0.4, 0.5) is 0 Å². The third-order valence-corrected chi connectivity index (χ3v) is 13.7. The molecule has 0 unspecified atom stereocenters. The Morgan fingerprint density at radius 1 is 0.292 bits per heavy atom. The van der Waals surface area contributed by atoms with Crippen molar-refractivity contribution < 1.29 is 4.74 Å². The lowest BCUT2D eigenvalue weighted by Gasteiger charge is -2.37. The minimum atomic E-state index is -0.665. The van der Waals surface area contributed by atoms with E-state index < -0.39 is 5.41 Å². The van der Waals surface area contributed by atoms with Gasteiger partial charge in [0, 0.05) is 5.33 Å². The van der Waals surface area contributed by atoms with E-state index in [9.17, 15) is 0 Å². The summed E-state index contributed by atoms with van der Waals surface area (Å²) in [4.78, 5) is 0. The van der Waals surface area contributed by atoms with E-state index in [1.165, 1.54) is 77.9 Å². The Bertz CT molecular complexity index is 2550. The third kappa shape index (κ3) is 10.00. The Morgan fingerprint density at radius 3 is 0.769 bits per heavy atom. The van der Waals surface area contributed by atoms with E-state index in [-0.39, 0.29) is 16.2 Å². The first kappa shape index (κ1) is 45.6.